The number of unbranched alkanes of at least 4 members (excludes halogenated alkanes) is 1. The second-order valence-electron chi connectivity index (χ2n) is 4.11. The number of carbonyl (C=O) groups is 1. The third-order valence-electron chi connectivity index (χ3n) is 2.69. The maximum atomic E-state index is 11.9. The van der Waals surface area contributed by atoms with Crippen LogP contribution >= 0.6 is 0 Å². The normalized spacial score (nSPS) is 12.4. The molecule has 0 heterocycles. The molecule has 1 aromatic carbocycles. The quantitative estimate of drug-likeness (QED) is 0.752. The van der Waals surface area contributed by atoms with E-state index in [-0.39, 0.29) is 23.2 Å². The van der Waals surface area contributed by atoms with E-state index in [1.807, 2.05) is 6.92 Å². The smallest absolute Gasteiger partial charge is 0.169 e. The fraction of sp³-hybridized carbons (Fsp3) is 0.462. The summed E-state index contributed by atoms with van der Waals surface area (Å²) in [6, 6.07) is 4.08. The van der Waals surface area contributed by atoms with Gasteiger partial charge in [-0.3, -0.25) is 4.79 Å². The van der Waals surface area contributed by atoms with E-state index >= 15 is 0 Å². The summed E-state index contributed by atoms with van der Waals surface area (Å²) in [7, 11) is 0. The summed E-state index contributed by atoms with van der Waals surface area (Å²) in [5.41, 5.74) is 0.293. The van der Waals surface area contributed by atoms with Crippen molar-refractivity contribution in [3.63, 3.8) is 0 Å². The van der Waals surface area contributed by atoms with Crippen molar-refractivity contribution in [1.29, 1.82) is 0 Å². The number of carbonyl (C=O) groups excluding carboxylic acids is 1. The van der Waals surface area contributed by atoms with Gasteiger partial charge in [-0.15, -0.1) is 0 Å². The molecule has 0 aliphatic carbocycles. The molecule has 0 bridgehead atoms. The van der Waals surface area contributed by atoms with Gasteiger partial charge in [0.1, 0.15) is 11.5 Å². The van der Waals surface area contributed by atoms with Crippen LogP contribution in [0.3, 0.4) is 0 Å². The zero-order valence-corrected chi connectivity index (χ0v) is 9.73. The van der Waals surface area contributed by atoms with Gasteiger partial charge in [0, 0.05) is 12.0 Å². The summed E-state index contributed by atoms with van der Waals surface area (Å²) in [5.74, 6) is -0.329. The van der Waals surface area contributed by atoms with Gasteiger partial charge in [-0.2, -0.15) is 0 Å². The number of Topliss-reactive ketones (excluding diaryl/α,β-unsaturated/α-hetero) is 1. The maximum absolute atomic E-state index is 11.9. The fourth-order valence-electron chi connectivity index (χ4n) is 1.64. The van der Waals surface area contributed by atoms with Gasteiger partial charge in [0.05, 0.1) is 5.56 Å². The predicted octanol–water partition coefficient (Wildman–Crippen LogP) is 3.11. The molecule has 1 unspecified atom stereocenters. The van der Waals surface area contributed by atoms with Crippen molar-refractivity contribution in [3.8, 4) is 11.5 Å². The van der Waals surface area contributed by atoms with Crippen LogP contribution in [0.4, 0.5) is 0 Å². The molecule has 3 nitrogen and oxygen atoms in total. The second kappa shape index (κ2) is 5.54. The lowest BCUT2D eigenvalue weighted by atomic mass is 9.94. The van der Waals surface area contributed by atoms with Crippen molar-refractivity contribution < 1.29 is 15.0 Å². The highest BCUT2D eigenvalue weighted by Crippen LogP contribution is 2.26. The lowest BCUT2D eigenvalue weighted by Crippen LogP contribution is -2.11. The Balaban J connectivity index is 2.79. The molecule has 1 aromatic rings. The molecular formula is C13H18O3. The van der Waals surface area contributed by atoms with E-state index in [0.717, 1.165) is 19.3 Å². The minimum Gasteiger partial charge on any atom is -0.508 e. The number of aromatic hydroxyl groups is 2. The third kappa shape index (κ3) is 2.99. The molecule has 3 heteroatoms. The van der Waals surface area contributed by atoms with Crippen LogP contribution in [0.25, 0.3) is 0 Å². The van der Waals surface area contributed by atoms with E-state index in [9.17, 15) is 9.90 Å². The number of phenols is 2. The van der Waals surface area contributed by atoms with Gasteiger partial charge >= 0.3 is 0 Å². The van der Waals surface area contributed by atoms with Crippen LogP contribution in [0.5, 0.6) is 11.5 Å². The number of hydrogen-bond donors (Lipinski definition) is 2. The van der Waals surface area contributed by atoms with E-state index < -0.39 is 0 Å². The summed E-state index contributed by atoms with van der Waals surface area (Å²) in [4.78, 5) is 11.9. The molecule has 2 N–H and O–H groups in total. The standard InChI is InChI=1S/C13H18O3/c1-3-4-5-9(2)13(16)11-7-6-10(14)8-12(11)15/h6-9,14-15H,3-5H2,1-2H3. The first kappa shape index (κ1) is 12.6. The van der Waals surface area contributed by atoms with Gasteiger partial charge < -0.3 is 10.2 Å². The second-order valence-corrected chi connectivity index (χ2v) is 4.11. The van der Waals surface area contributed by atoms with Gasteiger partial charge in [-0.1, -0.05) is 26.7 Å². The molecule has 0 aromatic heterocycles. The minimum atomic E-state index is -0.145. The van der Waals surface area contributed by atoms with Crippen LogP contribution in [-0.2, 0) is 0 Å². The fourth-order valence-corrected chi connectivity index (χ4v) is 1.64. The first-order valence-corrected chi connectivity index (χ1v) is 5.62. The molecule has 1 atom stereocenters. The van der Waals surface area contributed by atoms with E-state index in [2.05, 4.69) is 6.92 Å². The highest BCUT2D eigenvalue weighted by atomic mass is 16.3. The summed E-state index contributed by atoms with van der Waals surface area (Å²) in [6.45, 7) is 3.94. The average molecular weight is 222 g/mol. The molecule has 0 aliphatic heterocycles. The largest absolute Gasteiger partial charge is 0.508 e. The highest BCUT2D eigenvalue weighted by Gasteiger charge is 2.18. The first-order chi connectivity index (χ1) is 7.56. The van der Waals surface area contributed by atoms with Gasteiger partial charge in [0.15, 0.2) is 5.78 Å². The number of hydrogen-bond acceptors (Lipinski definition) is 3. The SMILES string of the molecule is CCCCC(C)C(=O)c1ccc(O)cc1O. The Morgan fingerprint density at radius 3 is 2.62 bits per heavy atom. The summed E-state index contributed by atoms with van der Waals surface area (Å²) in [5, 5.41) is 18.7. The zero-order valence-electron chi connectivity index (χ0n) is 9.73. The molecule has 1 rings (SSSR count). The zero-order chi connectivity index (χ0) is 12.1. The Hall–Kier alpha value is -1.51. The number of ketones is 1. The molecular weight excluding hydrogens is 204 g/mol. The monoisotopic (exact) mass is 222 g/mol. The van der Waals surface area contributed by atoms with Gasteiger partial charge in [-0.25, -0.2) is 0 Å². The van der Waals surface area contributed by atoms with Crippen LogP contribution < -0.4 is 0 Å². The Morgan fingerprint density at radius 1 is 1.38 bits per heavy atom. The summed E-state index contributed by atoms with van der Waals surface area (Å²) >= 11 is 0. The molecule has 0 radical (unpaired) electrons. The van der Waals surface area contributed by atoms with Crippen molar-refractivity contribution in [1.82, 2.24) is 0 Å². The third-order valence-corrected chi connectivity index (χ3v) is 2.69. The molecule has 0 fully saturated rings. The Kier molecular flexibility index (Phi) is 4.35. The van der Waals surface area contributed by atoms with E-state index in [1.165, 1.54) is 18.2 Å². The maximum Gasteiger partial charge on any atom is 0.169 e. The molecule has 0 saturated heterocycles. The van der Waals surface area contributed by atoms with Crippen molar-refractivity contribution in [2.75, 3.05) is 0 Å². The van der Waals surface area contributed by atoms with E-state index in [1.54, 1.807) is 0 Å². The van der Waals surface area contributed by atoms with Gasteiger partial charge in [0.25, 0.3) is 0 Å². The molecule has 88 valence electrons. The first-order valence-electron chi connectivity index (χ1n) is 5.62. The molecule has 0 aliphatic rings. The van der Waals surface area contributed by atoms with E-state index in [4.69, 9.17) is 5.11 Å². The Morgan fingerprint density at radius 2 is 2.06 bits per heavy atom. The number of benzene rings is 1. The van der Waals surface area contributed by atoms with Crippen LogP contribution in [0.2, 0.25) is 0 Å². The Bertz CT molecular complexity index is 371. The van der Waals surface area contributed by atoms with Crippen LogP contribution in [0, 0.1) is 5.92 Å². The number of rotatable bonds is 5. The minimum absolute atomic E-state index is 0.0322. The molecule has 0 spiro atoms. The summed E-state index contributed by atoms with van der Waals surface area (Å²) in [6.07, 6.45) is 2.89. The number of phenolic OH excluding ortho intramolecular Hbond substituents is 2. The van der Waals surface area contributed by atoms with Crippen LogP contribution in [0.15, 0.2) is 18.2 Å². The van der Waals surface area contributed by atoms with Crippen LogP contribution in [0.1, 0.15) is 43.5 Å². The molecule has 0 saturated carbocycles. The van der Waals surface area contributed by atoms with Crippen molar-refractivity contribution >= 4 is 5.78 Å². The molecule has 0 amide bonds. The van der Waals surface area contributed by atoms with Crippen molar-refractivity contribution in [2.45, 2.75) is 33.1 Å². The summed E-state index contributed by atoms with van der Waals surface area (Å²) < 4.78 is 0. The van der Waals surface area contributed by atoms with E-state index in [0.29, 0.717) is 5.56 Å². The van der Waals surface area contributed by atoms with Crippen molar-refractivity contribution in [3.05, 3.63) is 23.8 Å². The van der Waals surface area contributed by atoms with Crippen molar-refractivity contribution in [2.24, 2.45) is 5.92 Å². The average Bonchev–Trinajstić information content (AvgIpc) is 2.25. The molecule has 16 heavy (non-hydrogen) atoms. The topological polar surface area (TPSA) is 57.5 Å². The Labute approximate surface area is 95.7 Å². The predicted molar refractivity (Wildman–Crippen MR) is 62.8 cm³/mol. The van der Waals surface area contributed by atoms with Gasteiger partial charge in [0.2, 0.25) is 0 Å². The lowest BCUT2D eigenvalue weighted by Gasteiger charge is -2.11. The highest BCUT2D eigenvalue weighted by molar-refractivity contribution is 6.00. The lowest BCUT2D eigenvalue weighted by molar-refractivity contribution is 0.0920. The van der Waals surface area contributed by atoms with Crippen LogP contribution in [-0.4, -0.2) is 16.0 Å². The van der Waals surface area contributed by atoms with Gasteiger partial charge in [-0.05, 0) is 18.6 Å².